The minimum atomic E-state index is -4.62. The summed E-state index contributed by atoms with van der Waals surface area (Å²) >= 11 is 2.96. The van der Waals surface area contributed by atoms with Gasteiger partial charge in [-0.3, -0.25) is 4.79 Å². The van der Waals surface area contributed by atoms with Gasteiger partial charge in [-0.1, -0.05) is 15.9 Å². The highest BCUT2D eigenvalue weighted by molar-refractivity contribution is 9.10. The van der Waals surface area contributed by atoms with Crippen LogP contribution < -0.4 is 9.47 Å². The summed E-state index contributed by atoms with van der Waals surface area (Å²) in [6.45, 7) is 0. The van der Waals surface area contributed by atoms with Crippen molar-refractivity contribution >= 4 is 21.7 Å². The van der Waals surface area contributed by atoms with E-state index >= 15 is 0 Å². The van der Waals surface area contributed by atoms with Gasteiger partial charge in [0, 0.05) is 10.9 Å². The maximum Gasteiger partial charge on any atom is 0.389 e. The third kappa shape index (κ3) is 4.41. The van der Waals surface area contributed by atoms with Crippen LogP contribution in [0.4, 0.5) is 13.2 Å². The molecule has 0 saturated heterocycles. The van der Waals surface area contributed by atoms with E-state index in [2.05, 4.69) is 25.4 Å². The van der Waals surface area contributed by atoms with Gasteiger partial charge < -0.3 is 9.47 Å². The molecular formula is C12H12BrF3O3. The minimum absolute atomic E-state index is 0.110. The van der Waals surface area contributed by atoms with Gasteiger partial charge in [-0.15, -0.1) is 0 Å². The van der Waals surface area contributed by atoms with Gasteiger partial charge in [0.05, 0.1) is 28.7 Å². The Morgan fingerprint density at radius 2 is 1.84 bits per heavy atom. The van der Waals surface area contributed by atoms with Crippen molar-refractivity contribution in [3.05, 3.63) is 22.2 Å². The quantitative estimate of drug-likeness (QED) is 0.756. The predicted molar refractivity (Wildman–Crippen MR) is 66.9 cm³/mol. The molecule has 1 rings (SSSR count). The van der Waals surface area contributed by atoms with Crippen molar-refractivity contribution in [2.45, 2.75) is 19.0 Å². The van der Waals surface area contributed by atoms with Crippen LogP contribution in [0.25, 0.3) is 0 Å². The fourth-order valence-corrected chi connectivity index (χ4v) is 1.79. The summed E-state index contributed by atoms with van der Waals surface area (Å²) in [4.78, 5) is 12.2. The molecule has 1 aromatic rings. The average Bonchev–Trinajstić information content (AvgIpc) is 2.30. The number of Topliss-reactive ketones (excluding diaryl/α,β-unsaturated/α-hetero) is 1. The average molecular weight is 347 g/mol. The third-order valence-corrected chi connectivity index (χ3v) is 2.62. The summed E-state index contributed by atoms with van der Waals surface area (Å²) in [5.41, 5.74) is -0.681. The van der Waals surface area contributed by atoms with Gasteiger partial charge in [0.15, 0.2) is 5.78 Å². The van der Waals surface area contributed by atoms with Gasteiger partial charge in [0.2, 0.25) is 0 Å². The molecule has 0 aliphatic heterocycles. The maximum atomic E-state index is 12.3. The minimum Gasteiger partial charge on any atom is -0.496 e. The number of halogens is 4. The second kappa shape index (κ2) is 6.27. The molecule has 0 bridgehead atoms. The molecule has 0 aliphatic rings. The molecule has 1 aromatic carbocycles. The maximum absolute atomic E-state index is 12.3. The van der Waals surface area contributed by atoms with Crippen molar-refractivity contribution < 1.29 is 35.7 Å². The zero-order valence-corrected chi connectivity index (χ0v) is 10.9. The van der Waals surface area contributed by atoms with Crippen LogP contribution >= 0.6 is 15.9 Å². The van der Waals surface area contributed by atoms with E-state index in [1.165, 1.54) is 0 Å². The van der Waals surface area contributed by atoms with E-state index in [-0.39, 0.29) is 4.47 Å². The lowest BCUT2D eigenvalue weighted by atomic mass is 10.0. The molecule has 0 aromatic heterocycles. The lowest BCUT2D eigenvalue weighted by Crippen LogP contribution is -2.12. The molecule has 3 nitrogen and oxygen atoms in total. The molecule has 0 spiro atoms. The highest BCUT2D eigenvalue weighted by Crippen LogP contribution is 2.35. The number of benzene rings is 1. The molecular weight excluding hydrogens is 329 g/mol. The first-order chi connectivity index (χ1) is 11.1. The summed E-state index contributed by atoms with van der Waals surface area (Å²) in [7, 11) is -6.03. The molecule has 19 heavy (non-hydrogen) atoms. The SMILES string of the molecule is [2H]C([2H])([2H])Oc1cc(Br)cc(OC([2H])([2H])[2H])c1C(=O)CCC(F)(F)F. The topological polar surface area (TPSA) is 35.5 Å². The lowest BCUT2D eigenvalue weighted by Gasteiger charge is -2.13. The Kier molecular flexibility index (Phi) is 2.92. The normalized spacial score (nSPS) is 17.3. The van der Waals surface area contributed by atoms with E-state index < -0.39 is 55.9 Å². The Morgan fingerprint density at radius 1 is 1.32 bits per heavy atom. The number of hydrogen-bond acceptors (Lipinski definition) is 3. The molecule has 106 valence electrons. The van der Waals surface area contributed by atoms with E-state index in [0.29, 0.717) is 0 Å². The van der Waals surface area contributed by atoms with Gasteiger partial charge in [0.25, 0.3) is 0 Å². The number of ether oxygens (including phenoxy) is 2. The Labute approximate surface area is 125 Å². The molecule has 0 N–H and O–H groups in total. The first-order valence-corrected chi connectivity index (χ1v) is 5.68. The fraction of sp³-hybridized carbons (Fsp3) is 0.417. The van der Waals surface area contributed by atoms with Crippen molar-refractivity contribution in [3.8, 4) is 11.5 Å². The number of carbonyl (C=O) groups is 1. The van der Waals surface area contributed by atoms with E-state index in [0.717, 1.165) is 12.1 Å². The van der Waals surface area contributed by atoms with Crippen LogP contribution in [0.3, 0.4) is 0 Å². The number of methoxy groups -OCH3 is 2. The van der Waals surface area contributed by atoms with E-state index in [1.807, 2.05) is 0 Å². The summed E-state index contributed by atoms with van der Waals surface area (Å²) in [6, 6.07) is 2.05. The molecule has 0 saturated carbocycles. The Bertz CT molecular complexity index is 605. The van der Waals surface area contributed by atoms with Gasteiger partial charge in [-0.05, 0) is 12.1 Å². The number of alkyl halides is 3. The molecule has 0 atom stereocenters. The summed E-state index contributed by atoms with van der Waals surface area (Å²) < 4.78 is 88.9. The van der Waals surface area contributed by atoms with Crippen LogP contribution in [0.5, 0.6) is 11.5 Å². The molecule has 7 heteroatoms. The predicted octanol–water partition coefficient (Wildman–Crippen LogP) is 3.99. The smallest absolute Gasteiger partial charge is 0.389 e. The van der Waals surface area contributed by atoms with Gasteiger partial charge in [0.1, 0.15) is 17.1 Å². The standard InChI is InChI=1S/C12H12BrF3O3/c1-18-9-5-7(13)6-10(19-2)11(9)8(17)3-4-12(14,15)16/h5-6H,3-4H2,1-2H3/i1D3,2D3. The Balaban J connectivity index is 3.38. The molecule has 0 fully saturated rings. The third-order valence-electron chi connectivity index (χ3n) is 2.17. The summed E-state index contributed by atoms with van der Waals surface area (Å²) in [5, 5.41) is 0. The monoisotopic (exact) mass is 346 g/mol. The molecule has 0 radical (unpaired) electrons. The number of hydrogen-bond donors (Lipinski definition) is 0. The molecule has 0 aliphatic carbocycles. The van der Waals surface area contributed by atoms with Crippen LogP contribution in [0.2, 0.25) is 0 Å². The van der Waals surface area contributed by atoms with Crippen LogP contribution in [0.15, 0.2) is 16.6 Å². The van der Waals surface area contributed by atoms with E-state index in [9.17, 15) is 18.0 Å². The van der Waals surface area contributed by atoms with Crippen molar-refractivity contribution in [3.63, 3.8) is 0 Å². The number of carbonyl (C=O) groups excluding carboxylic acids is 1. The second-order valence-electron chi connectivity index (χ2n) is 3.52. The summed E-state index contributed by atoms with van der Waals surface area (Å²) in [6.07, 6.45) is -7.12. The van der Waals surface area contributed by atoms with Crippen molar-refractivity contribution in [1.29, 1.82) is 0 Å². The van der Waals surface area contributed by atoms with Crippen molar-refractivity contribution in [2.75, 3.05) is 14.1 Å². The zero-order chi connectivity index (χ0) is 19.6. The van der Waals surface area contributed by atoms with E-state index in [1.54, 1.807) is 0 Å². The first-order valence-electron chi connectivity index (χ1n) is 7.89. The highest BCUT2D eigenvalue weighted by atomic mass is 79.9. The summed E-state index contributed by atoms with van der Waals surface area (Å²) in [5.74, 6) is -2.38. The van der Waals surface area contributed by atoms with Crippen LogP contribution in [0.1, 0.15) is 31.4 Å². The fourth-order valence-electron chi connectivity index (χ4n) is 1.37. The van der Waals surface area contributed by atoms with Gasteiger partial charge in [-0.2, -0.15) is 13.2 Å². The van der Waals surface area contributed by atoms with Gasteiger partial charge >= 0.3 is 6.18 Å². The molecule has 0 heterocycles. The lowest BCUT2D eigenvalue weighted by molar-refractivity contribution is -0.133. The Morgan fingerprint density at radius 3 is 2.26 bits per heavy atom. The van der Waals surface area contributed by atoms with Crippen LogP contribution in [0, 0.1) is 0 Å². The zero-order valence-electron chi connectivity index (χ0n) is 15.3. The van der Waals surface area contributed by atoms with Crippen molar-refractivity contribution in [1.82, 2.24) is 0 Å². The first kappa shape index (κ1) is 8.84. The Hall–Kier alpha value is -1.24. The molecule has 0 amide bonds. The number of ketones is 1. The number of rotatable bonds is 5. The van der Waals surface area contributed by atoms with Crippen molar-refractivity contribution in [2.24, 2.45) is 0 Å². The van der Waals surface area contributed by atoms with Crippen LogP contribution in [-0.2, 0) is 0 Å². The van der Waals surface area contributed by atoms with E-state index in [4.69, 9.17) is 8.22 Å². The highest BCUT2D eigenvalue weighted by Gasteiger charge is 2.29. The largest absolute Gasteiger partial charge is 0.496 e. The van der Waals surface area contributed by atoms with Crippen LogP contribution in [-0.4, -0.2) is 26.0 Å². The van der Waals surface area contributed by atoms with Gasteiger partial charge in [-0.25, -0.2) is 0 Å². The molecule has 0 unspecified atom stereocenters. The second-order valence-corrected chi connectivity index (χ2v) is 4.44.